The summed E-state index contributed by atoms with van der Waals surface area (Å²) in [6, 6.07) is 13.2. The fourth-order valence-electron chi connectivity index (χ4n) is 3.50. The molecular weight excluding hydrogens is 453 g/mol. The number of benzene rings is 2. The predicted octanol–water partition coefficient (Wildman–Crippen LogP) is 5.72. The van der Waals surface area contributed by atoms with Crippen LogP contribution in [-0.2, 0) is 17.8 Å². The number of para-hydroxylation sites is 1. The molecule has 4 aromatic rings. The van der Waals surface area contributed by atoms with Crippen LogP contribution in [0.15, 0.2) is 47.6 Å². The highest BCUT2D eigenvalue weighted by Crippen LogP contribution is 2.27. The van der Waals surface area contributed by atoms with Gasteiger partial charge in [0.1, 0.15) is 5.82 Å². The molecule has 0 saturated heterocycles. The molecule has 0 saturated carbocycles. The smallest absolute Gasteiger partial charge is 0.234 e. The molecule has 2 heterocycles. The van der Waals surface area contributed by atoms with E-state index in [-0.39, 0.29) is 11.7 Å². The summed E-state index contributed by atoms with van der Waals surface area (Å²) in [7, 11) is 0. The van der Waals surface area contributed by atoms with E-state index in [1.54, 1.807) is 18.2 Å². The molecule has 160 valence electrons. The highest BCUT2D eigenvalue weighted by molar-refractivity contribution is 7.99. The second-order valence-electron chi connectivity index (χ2n) is 7.06. The molecule has 0 unspecified atom stereocenters. The van der Waals surface area contributed by atoms with Crippen molar-refractivity contribution >= 4 is 57.5 Å². The summed E-state index contributed by atoms with van der Waals surface area (Å²) in [5, 5.41) is 14.3. The van der Waals surface area contributed by atoms with Crippen LogP contribution in [0.25, 0.3) is 10.9 Å². The van der Waals surface area contributed by atoms with E-state index in [0.29, 0.717) is 22.2 Å². The van der Waals surface area contributed by atoms with Crippen molar-refractivity contribution in [1.82, 2.24) is 19.7 Å². The number of halogens is 2. The second kappa shape index (κ2) is 9.34. The molecule has 6 nitrogen and oxygen atoms in total. The van der Waals surface area contributed by atoms with Gasteiger partial charge in [0.15, 0.2) is 5.16 Å². The molecule has 0 aliphatic heterocycles. The van der Waals surface area contributed by atoms with Crippen LogP contribution in [0.2, 0.25) is 10.0 Å². The second-order valence-corrected chi connectivity index (χ2v) is 8.82. The lowest BCUT2D eigenvalue weighted by Gasteiger charge is -2.08. The van der Waals surface area contributed by atoms with Crippen LogP contribution in [0.4, 0.5) is 5.69 Å². The number of thioether (sulfide) groups is 1. The van der Waals surface area contributed by atoms with Crippen LogP contribution in [-0.4, -0.2) is 31.4 Å². The topological polar surface area (TPSA) is 75.6 Å². The lowest BCUT2D eigenvalue weighted by atomic mass is 10.1. The van der Waals surface area contributed by atoms with Crippen LogP contribution < -0.4 is 5.32 Å². The zero-order chi connectivity index (χ0) is 22.0. The average molecular weight is 474 g/mol. The number of anilines is 1. The summed E-state index contributed by atoms with van der Waals surface area (Å²) >= 11 is 13.3. The zero-order valence-electron chi connectivity index (χ0n) is 17.1. The molecule has 0 aliphatic carbocycles. The van der Waals surface area contributed by atoms with Crippen molar-refractivity contribution < 1.29 is 4.79 Å². The fraction of sp³-hybridized carbons (Fsp3) is 0.227. The van der Waals surface area contributed by atoms with E-state index in [2.05, 4.69) is 51.0 Å². The summed E-state index contributed by atoms with van der Waals surface area (Å²) in [6.45, 7) is 4.85. The summed E-state index contributed by atoms with van der Waals surface area (Å²) in [5.74, 6) is 0.940. The quantitative estimate of drug-likeness (QED) is 0.336. The maximum atomic E-state index is 12.4. The van der Waals surface area contributed by atoms with Gasteiger partial charge in [0.25, 0.3) is 0 Å². The Morgan fingerprint density at radius 1 is 1.16 bits per heavy atom. The standard InChI is InChI=1S/C22H21Cl2N5OS/c1-3-29-20(11-16-13(2)25-19-7-5-4-6-15(16)19)27-28-22(29)31-12-21(30)26-14-8-9-17(23)18(24)10-14/h4-10,25H,3,11-12H2,1-2H3,(H,26,30). The number of aryl methyl sites for hydroxylation is 1. The largest absolute Gasteiger partial charge is 0.358 e. The normalized spacial score (nSPS) is 11.2. The van der Waals surface area contributed by atoms with E-state index < -0.39 is 0 Å². The monoisotopic (exact) mass is 473 g/mol. The van der Waals surface area contributed by atoms with Crippen molar-refractivity contribution in [2.45, 2.75) is 32.0 Å². The first-order chi connectivity index (χ1) is 15.0. The number of carbonyl (C=O) groups is 1. The third kappa shape index (κ3) is 4.74. The molecule has 2 aromatic carbocycles. The molecule has 4 rings (SSSR count). The Balaban J connectivity index is 1.46. The number of nitrogens with zero attached hydrogens (tertiary/aromatic N) is 3. The Labute approximate surface area is 194 Å². The van der Waals surface area contributed by atoms with Gasteiger partial charge in [-0.1, -0.05) is 53.2 Å². The van der Waals surface area contributed by atoms with Gasteiger partial charge in [-0.25, -0.2) is 0 Å². The van der Waals surface area contributed by atoms with Gasteiger partial charge in [0.05, 0.1) is 15.8 Å². The van der Waals surface area contributed by atoms with Gasteiger partial charge in [0.2, 0.25) is 5.91 Å². The lowest BCUT2D eigenvalue weighted by molar-refractivity contribution is -0.113. The third-order valence-corrected chi connectivity index (χ3v) is 6.71. The first kappa shape index (κ1) is 21.7. The van der Waals surface area contributed by atoms with E-state index in [1.165, 1.54) is 22.7 Å². The van der Waals surface area contributed by atoms with Gasteiger partial charge in [-0.15, -0.1) is 10.2 Å². The maximum Gasteiger partial charge on any atom is 0.234 e. The highest BCUT2D eigenvalue weighted by Gasteiger charge is 2.17. The summed E-state index contributed by atoms with van der Waals surface area (Å²) in [6.07, 6.45) is 0.673. The van der Waals surface area contributed by atoms with E-state index in [0.717, 1.165) is 28.7 Å². The van der Waals surface area contributed by atoms with Gasteiger partial charge in [0, 0.05) is 35.2 Å². The molecule has 0 aliphatic rings. The Morgan fingerprint density at radius 2 is 1.97 bits per heavy atom. The number of carbonyl (C=O) groups excluding carboxylic acids is 1. The highest BCUT2D eigenvalue weighted by atomic mass is 35.5. The Bertz CT molecular complexity index is 1250. The zero-order valence-corrected chi connectivity index (χ0v) is 19.4. The summed E-state index contributed by atoms with van der Waals surface area (Å²) in [4.78, 5) is 15.8. The number of hydrogen-bond acceptors (Lipinski definition) is 4. The number of H-pyrrole nitrogens is 1. The molecule has 2 aromatic heterocycles. The Morgan fingerprint density at radius 3 is 2.74 bits per heavy atom. The number of rotatable bonds is 7. The SMILES string of the molecule is CCn1c(Cc2c(C)[nH]c3ccccc23)nnc1SCC(=O)Nc1ccc(Cl)c(Cl)c1. The van der Waals surface area contributed by atoms with Crippen LogP contribution in [0.5, 0.6) is 0 Å². The Kier molecular flexibility index (Phi) is 6.55. The molecule has 0 radical (unpaired) electrons. The molecule has 31 heavy (non-hydrogen) atoms. The van der Waals surface area contributed by atoms with E-state index in [4.69, 9.17) is 23.2 Å². The number of aromatic nitrogens is 4. The van der Waals surface area contributed by atoms with Crippen molar-refractivity contribution in [3.05, 3.63) is 69.6 Å². The number of amides is 1. The van der Waals surface area contributed by atoms with Gasteiger partial charge < -0.3 is 14.9 Å². The van der Waals surface area contributed by atoms with Gasteiger partial charge in [-0.3, -0.25) is 4.79 Å². The molecule has 0 fully saturated rings. The third-order valence-electron chi connectivity index (χ3n) is 5.01. The van der Waals surface area contributed by atoms with Crippen molar-refractivity contribution in [3.63, 3.8) is 0 Å². The van der Waals surface area contributed by atoms with Crippen molar-refractivity contribution in [2.75, 3.05) is 11.1 Å². The fourth-order valence-corrected chi connectivity index (χ4v) is 4.62. The minimum atomic E-state index is -0.150. The van der Waals surface area contributed by atoms with Gasteiger partial charge in [-0.2, -0.15) is 0 Å². The van der Waals surface area contributed by atoms with Crippen LogP contribution in [0, 0.1) is 6.92 Å². The number of nitrogens with one attached hydrogen (secondary N) is 2. The van der Waals surface area contributed by atoms with Crippen molar-refractivity contribution in [1.29, 1.82) is 0 Å². The van der Waals surface area contributed by atoms with E-state index in [1.807, 2.05) is 12.1 Å². The molecular formula is C22H21Cl2N5OS. The van der Waals surface area contributed by atoms with E-state index >= 15 is 0 Å². The summed E-state index contributed by atoms with van der Waals surface area (Å²) in [5.41, 5.74) is 4.06. The van der Waals surface area contributed by atoms with Gasteiger partial charge >= 0.3 is 0 Å². The molecule has 9 heteroatoms. The molecule has 0 spiro atoms. The van der Waals surface area contributed by atoms with Crippen LogP contribution in [0.1, 0.15) is 24.0 Å². The molecule has 1 amide bonds. The lowest BCUT2D eigenvalue weighted by Crippen LogP contribution is -2.14. The first-order valence-corrected chi connectivity index (χ1v) is 11.6. The number of fused-ring (bicyclic) bond motifs is 1. The van der Waals surface area contributed by atoms with Crippen LogP contribution in [0.3, 0.4) is 0 Å². The van der Waals surface area contributed by atoms with Crippen molar-refractivity contribution in [3.8, 4) is 0 Å². The first-order valence-electron chi connectivity index (χ1n) is 9.82. The molecule has 2 N–H and O–H groups in total. The predicted molar refractivity (Wildman–Crippen MR) is 127 cm³/mol. The van der Waals surface area contributed by atoms with Crippen molar-refractivity contribution in [2.24, 2.45) is 0 Å². The summed E-state index contributed by atoms with van der Waals surface area (Å²) < 4.78 is 2.05. The number of hydrogen-bond donors (Lipinski definition) is 2. The number of aromatic amines is 1. The molecule has 0 bridgehead atoms. The Hall–Kier alpha value is -2.48. The maximum absolute atomic E-state index is 12.4. The van der Waals surface area contributed by atoms with Crippen LogP contribution >= 0.6 is 35.0 Å². The minimum Gasteiger partial charge on any atom is -0.358 e. The van der Waals surface area contributed by atoms with E-state index in [9.17, 15) is 4.79 Å². The minimum absolute atomic E-state index is 0.150. The van der Waals surface area contributed by atoms with Gasteiger partial charge in [-0.05, 0) is 43.7 Å². The molecule has 0 atom stereocenters. The average Bonchev–Trinajstić information content (AvgIpc) is 3.29.